The number of nitrogens with one attached hydrogen (secondary N) is 1. The van der Waals surface area contributed by atoms with Gasteiger partial charge in [0.05, 0.1) is 0 Å². The Morgan fingerprint density at radius 3 is 2.14 bits per heavy atom. The van der Waals surface area contributed by atoms with Crippen LogP contribution < -0.4 is 5.32 Å². The molecule has 2 saturated heterocycles. The minimum Gasteiger partial charge on any atom is -0.316 e. The standard InChI is InChI=1S/C11H23N3/c1-9-6-14(7-10(2)13(9)3)8-11-4-12-5-11/h9-12H,4-8H2,1-3H3. The van der Waals surface area contributed by atoms with Crippen molar-refractivity contribution in [2.45, 2.75) is 25.9 Å². The molecule has 0 amide bonds. The molecule has 14 heavy (non-hydrogen) atoms. The van der Waals surface area contributed by atoms with Gasteiger partial charge >= 0.3 is 0 Å². The number of hydrogen-bond donors (Lipinski definition) is 1. The van der Waals surface area contributed by atoms with Crippen molar-refractivity contribution in [1.82, 2.24) is 15.1 Å². The second-order valence-corrected chi connectivity index (χ2v) is 5.11. The van der Waals surface area contributed by atoms with Crippen LogP contribution in [0.3, 0.4) is 0 Å². The van der Waals surface area contributed by atoms with Crippen LogP contribution >= 0.6 is 0 Å². The normalized spacial score (nSPS) is 37.1. The summed E-state index contributed by atoms with van der Waals surface area (Å²) in [5.74, 6) is 0.915. The number of rotatable bonds is 2. The van der Waals surface area contributed by atoms with Crippen molar-refractivity contribution in [2.24, 2.45) is 5.92 Å². The molecule has 0 saturated carbocycles. The fraction of sp³-hybridized carbons (Fsp3) is 1.00. The maximum absolute atomic E-state index is 3.34. The van der Waals surface area contributed by atoms with E-state index in [1.165, 1.54) is 32.7 Å². The molecule has 0 aromatic heterocycles. The van der Waals surface area contributed by atoms with Gasteiger partial charge in [0.2, 0.25) is 0 Å². The van der Waals surface area contributed by atoms with Crippen LogP contribution in [0.4, 0.5) is 0 Å². The van der Waals surface area contributed by atoms with Crippen LogP contribution in [0.1, 0.15) is 13.8 Å². The van der Waals surface area contributed by atoms with Gasteiger partial charge in [-0.3, -0.25) is 9.80 Å². The molecule has 0 spiro atoms. The second kappa shape index (κ2) is 4.17. The molecule has 2 unspecified atom stereocenters. The Morgan fingerprint density at radius 1 is 1.14 bits per heavy atom. The molecule has 1 N–H and O–H groups in total. The number of likely N-dealkylation sites (N-methyl/N-ethyl adjacent to an activating group) is 1. The van der Waals surface area contributed by atoms with Crippen LogP contribution in [0.2, 0.25) is 0 Å². The molecular formula is C11H23N3. The van der Waals surface area contributed by atoms with E-state index < -0.39 is 0 Å². The Bertz CT molecular complexity index is 176. The van der Waals surface area contributed by atoms with Crippen LogP contribution in [0.15, 0.2) is 0 Å². The number of nitrogens with zero attached hydrogens (tertiary/aromatic N) is 2. The van der Waals surface area contributed by atoms with E-state index in [2.05, 4.69) is 36.0 Å². The quantitative estimate of drug-likeness (QED) is 0.684. The van der Waals surface area contributed by atoms with Gasteiger partial charge in [-0.25, -0.2) is 0 Å². The monoisotopic (exact) mass is 197 g/mol. The largest absolute Gasteiger partial charge is 0.316 e. The predicted molar refractivity (Wildman–Crippen MR) is 59.5 cm³/mol. The molecule has 2 aliphatic heterocycles. The molecule has 82 valence electrons. The molecule has 0 aromatic rings. The van der Waals surface area contributed by atoms with Crippen LogP contribution in [-0.2, 0) is 0 Å². The highest BCUT2D eigenvalue weighted by atomic mass is 15.3. The summed E-state index contributed by atoms with van der Waals surface area (Å²) >= 11 is 0. The van der Waals surface area contributed by atoms with Gasteiger partial charge in [0.1, 0.15) is 0 Å². The van der Waals surface area contributed by atoms with Gasteiger partial charge in [-0.1, -0.05) is 0 Å². The van der Waals surface area contributed by atoms with Crippen LogP contribution in [0.25, 0.3) is 0 Å². The third-order valence-corrected chi connectivity index (χ3v) is 3.82. The molecule has 2 atom stereocenters. The first-order chi connectivity index (χ1) is 6.66. The van der Waals surface area contributed by atoms with Crippen molar-refractivity contribution in [3.8, 4) is 0 Å². The Kier molecular flexibility index (Phi) is 3.10. The molecule has 2 rings (SSSR count). The lowest BCUT2D eigenvalue weighted by Crippen LogP contribution is -2.58. The van der Waals surface area contributed by atoms with E-state index >= 15 is 0 Å². The molecule has 0 bridgehead atoms. The summed E-state index contributed by atoms with van der Waals surface area (Å²) in [4.78, 5) is 5.14. The van der Waals surface area contributed by atoms with Crippen molar-refractivity contribution < 1.29 is 0 Å². The molecule has 3 nitrogen and oxygen atoms in total. The molecular weight excluding hydrogens is 174 g/mol. The SMILES string of the molecule is CC1CN(CC2CNC2)CC(C)N1C. The van der Waals surface area contributed by atoms with Gasteiger partial charge in [-0.2, -0.15) is 0 Å². The van der Waals surface area contributed by atoms with E-state index in [0.29, 0.717) is 12.1 Å². The third-order valence-electron chi connectivity index (χ3n) is 3.82. The van der Waals surface area contributed by atoms with E-state index in [0.717, 1.165) is 5.92 Å². The highest BCUT2D eigenvalue weighted by molar-refractivity contribution is 4.86. The topological polar surface area (TPSA) is 18.5 Å². The Morgan fingerprint density at radius 2 is 1.71 bits per heavy atom. The molecule has 0 aromatic carbocycles. The lowest BCUT2D eigenvalue weighted by Gasteiger charge is -2.44. The average molecular weight is 197 g/mol. The zero-order valence-electron chi connectivity index (χ0n) is 9.66. The molecule has 2 aliphatic rings. The van der Waals surface area contributed by atoms with Gasteiger partial charge in [-0.05, 0) is 26.8 Å². The van der Waals surface area contributed by atoms with Gasteiger partial charge in [0, 0.05) is 44.8 Å². The maximum Gasteiger partial charge on any atom is 0.0195 e. The first kappa shape index (κ1) is 10.4. The van der Waals surface area contributed by atoms with Crippen molar-refractivity contribution in [3.63, 3.8) is 0 Å². The Hall–Kier alpha value is -0.120. The fourth-order valence-electron chi connectivity index (χ4n) is 2.51. The predicted octanol–water partition coefficient (Wildman–Crippen LogP) is 0.230. The van der Waals surface area contributed by atoms with Crippen LogP contribution in [0.5, 0.6) is 0 Å². The summed E-state index contributed by atoms with van der Waals surface area (Å²) in [6.07, 6.45) is 0. The lowest BCUT2D eigenvalue weighted by atomic mass is 10.0. The molecule has 2 heterocycles. The summed E-state index contributed by atoms with van der Waals surface area (Å²) in [7, 11) is 2.25. The lowest BCUT2D eigenvalue weighted by molar-refractivity contribution is 0.0450. The van der Waals surface area contributed by atoms with Gasteiger partial charge < -0.3 is 5.32 Å². The highest BCUT2D eigenvalue weighted by Crippen LogP contribution is 2.15. The summed E-state index contributed by atoms with van der Waals surface area (Å²) in [6.45, 7) is 10.9. The molecule has 3 heteroatoms. The van der Waals surface area contributed by atoms with Crippen LogP contribution in [-0.4, -0.2) is 61.7 Å². The van der Waals surface area contributed by atoms with Crippen molar-refractivity contribution in [1.29, 1.82) is 0 Å². The minimum absolute atomic E-state index is 0.715. The zero-order chi connectivity index (χ0) is 10.1. The van der Waals surface area contributed by atoms with E-state index in [9.17, 15) is 0 Å². The summed E-state index contributed by atoms with van der Waals surface area (Å²) in [6, 6.07) is 1.43. The summed E-state index contributed by atoms with van der Waals surface area (Å²) in [5.41, 5.74) is 0. The zero-order valence-corrected chi connectivity index (χ0v) is 9.66. The second-order valence-electron chi connectivity index (χ2n) is 5.11. The van der Waals surface area contributed by atoms with Crippen molar-refractivity contribution >= 4 is 0 Å². The minimum atomic E-state index is 0.715. The van der Waals surface area contributed by atoms with Gasteiger partial charge in [-0.15, -0.1) is 0 Å². The number of hydrogen-bond acceptors (Lipinski definition) is 3. The summed E-state index contributed by atoms with van der Waals surface area (Å²) < 4.78 is 0. The Labute approximate surface area is 87.4 Å². The van der Waals surface area contributed by atoms with Gasteiger partial charge in [0.25, 0.3) is 0 Å². The average Bonchev–Trinajstić information content (AvgIpc) is 2.07. The first-order valence-electron chi connectivity index (χ1n) is 5.82. The third kappa shape index (κ3) is 2.10. The fourth-order valence-corrected chi connectivity index (χ4v) is 2.51. The first-order valence-corrected chi connectivity index (χ1v) is 5.82. The van der Waals surface area contributed by atoms with Gasteiger partial charge in [0.15, 0.2) is 0 Å². The van der Waals surface area contributed by atoms with E-state index in [1.54, 1.807) is 0 Å². The van der Waals surface area contributed by atoms with Crippen molar-refractivity contribution in [2.75, 3.05) is 39.8 Å². The molecule has 2 fully saturated rings. The molecule has 0 radical (unpaired) electrons. The van der Waals surface area contributed by atoms with E-state index in [1.807, 2.05) is 0 Å². The van der Waals surface area contributed by atoms with E-state index in [4.69, 9.17) is 0 Å². The smallest absolute Gasteiger partial charge is 0.0195 e. The Balaban J connectivity index is 1.82. The highest BCUT2D eigenvalue weighted by Gasteiger charge is 2.29. The summed E-state index contributed by atoms with van der Waals surface area (Å²) in [5, 5.41) is 3.34. The van der Waals surface area contributed by atoms with Crippen LogP contribution in [0, 0.1) is 5.92 Å². The maximum atomic E-state index is 3.34. The van der Waals surface area contributed by atoms with E-state index in [-0.39, 0.29) is 0 Å². The van der Waals surface area contributed by atoms with Crippen molar-refractivity contribution in [3.05, 3.63) is 0 Å². The molecule has 0 aliphatic carbocycles. The number of piperazine rings is 1.